The van der Waals surface area contributed by atoms with E-state index in [1.54, 1.807) is 19.1 Å². The molecule has 0 saturated heterocycles. The van der Waals surface area contributed by atoms with E-state index in [-0.39, 0.29) is 5.78 Å². The summed E-state index contributed by atoms with van der Waals surface area (Å²) in [5, 5.41) is 0.449. The lowest BCUT2D eigenvalue weighted by Gasteiger charge is -1.95. The second-order valence-electron chi connectivity index (χ2n) is 2.72. The van der Waals surface area contributed by atoms with Gasteiger partial charge in [-0.15, -0.1) is 0 Å². The molecule has 0 unspecified atom stereocenters. The van der Waals surface area contributed by atoms with Crippen LogP contribution < -0.4 is 0 Å². The first-order chi connectivity index (χ1) is 5.99. The molecule has 0 radical (unpaired) electrons. The fourth-order valence-electron chi connectivity index (χ4n) is 0.534. The van der Waals surface area contributed by atoms with Crippen LogP contribution in [0, 0.1) is 0 Å². The van der Waals surface area contributed by atoms with Gasteiger partial charge in [0.2, 0.25) is 0 Å². The molecular weight excluding hydrogens is 207 g/mol. The van der Waals surface area contributed by atoms with E-state index in [2.05, 4.69) is 0 Å². The predicted octanol–water partition coefficient (Wildman–Crippen LogP) is 3.79. The minimum absolute atomic E-state index is 0.0258. The van der Waals surface area contributed by atoms with Crippen molar-refractivity contribution in [1.29, 1.82) is 0 Å². The van der Waals surface area contributed by atoms with Crippen LogP contribution in [0.15, 0.2) is 33.9 Å². The Morgan fingerprint density at radius 2 is 1.69 bits per heavy atom. The average Bonchev–Trinajstić information content (AvgIpc) is 2.11. The molecule has 0 spiro atoms. The van der Waals surface area contributed by atoms with Crippen molar-refractivity contribution in [3.05, 3.63) is 33.9 Å². The zero-order chi connectivity index (χ0) is 10.4. The molecule has 0 N–H and O–H groups in total. The number of carbonyl (C=O) groups is 1. The summed E-state index contributed by atoms with van der Waals surface area (Å²) in [6.07, 6.45) is 3.41. The fourth-order valence-corrected chi connectivity index (χ4v) is 0.803. The van der Waals surface area contributed by atoms with Crippen LogP contribution >= 0.6 is 23.2 Å². The first-order valence-electron chi connectivity index (χ1n) is 3.81. The van der Waals surface area contributed by atoms with Gasteiger partial charge < -0.3 is 0 Å². The van der Waals surface area contributed by atoms with Gasteiger partial charge in [-0.05, 0) is 32.4 Å². The van der Waals surface area contributed by atoms with Gasteiger partial charge >= 0.3 is 0 Å². The molecule has 0 aliphatic rings. The van der Waals surface area contributed by atoms with Crippen molar-refractivity contribution in [1.82, 2.24) is 0 Å². The lowest BCUT2D eigenvalue weighted by molar-refractivity contribution is -0.113. The van der Waals surface area contributed by atoms with Crippen molar-refractivity contribution in [3.63, 3.8) is 0 Å². The molecule has 0 bridgehead atoms. The third kappa shape index (κ3) is 4.91. The Kier molecular flexibility index (Phi) is 5.76. The molecule has 0 fully saturated rings. The van der Waals surface area contributed by atoms with Crippen LogP contribution in [-0.4, -0.2) is 5.78 Å². The topological polar surface area (TPSA) is 17.1 Å². The highest BCUT2D eigenvalue weighted by Crippen LogP contribution is 2.12. The van der Waals surface area contributed by atoms with E-state index in [0.29, 0.717) is 10.6 Å². The smallest absolute Gasteiger partial charge is 0.156 e. The molecular formula is C10H12Cl2O. The SMILES string of the molecule is CC(=O)\C(C)=C(Cl)/C=C\C(C)=C\Cl. The largest absolute Gasteiger partial charge is 0.295 e. The Morgan fingerprint density at radius 3 is 2.08 bits per heavy atom. The van der Waals surface area contributed by atoms with Gasteiger partial charge in [0.15, 0.2) is 5.78 Å². The summed E-state index contributed by atoms with van der Waals surface area (Å²) in [5.74, 6) is -0.0258. The van der Waals surface area contributed by atoms with Gasteiger partial charge in [0.25, 0.3) is 0 Å². The van der Waals surface area contributed by atoms with E-state index in [4.69, 9.17) is 23.2 Å². The van der Waals surface area contributed by atoms with Crippen LogP contribution in [0.5, 0.6) is 0 Å². The monoisotopic (exact) mass is 218 g/mol. The first-order valence-corrected chi connectivity index (χ1v) is 4.63. The van der Waals surface area contributed by atoms with Crippen molar-refractivity contribution >= 4 is 29.0 Å². The van der Waals surface area contributed by atoms with Crippen LogP contribution in [0.4, 0.5) is 0 Å². The molecule has 0 aliphatic heterocycles. The van der Waals surface area contributed by atoms with E-state index >= 15 is 0 Å². The Balaban J connectivity index is 4.64. The number of rotatable bonds is 3. The summed E-state index contributed by atoms with van der Waals surface area (Å²) in [5.41, 5.74) is 2.89. The number of ketones is 1. The molecule has 13 heavy (non-hydrogen) atoms. The molecule has 0 aliphatic carbocycles. The van der Waals surface area contributed by atoms with Gasteiger partial charge in [0.1, 0.15) is 0 Å². The van der Waals surface area contributed by atoms with E-state index in [1.807, 2.05) is 6.92 Å². The normalized spacial score (nSPS) is 14.7. The Bertz CT molecular complexity index is 285. The first kappa shape index (κ1) is 12.5. The summed E-state index contributed by atoms with van der Waals surface area (Å²) in [4.78, 5) is 10.9. The maximum absolute atomic E-state index is 10.9. The van der Waals surface area contributed by atoms with E-state index < -0.39 is 0 Å². The predicted molar refractivity (Wildman–Crippen MR) is 58.0 cm³/mol. The Hall–Kier alpha value is -0.530. The lowest BCUT2D eigenvalue weighted by atomic mass is 10.2. The molecule has 0 heterocycles. The highest BCUT2D eigenvalue weighted by atomic mass is 35.5. The standard InChI is InChI=1S/C10H12Cl2O/c1-7(6-11)4-5-10(12)8(2)9(3)13/h4-6H,1-3H3/b5-4-,7-6+,10-8+. The van der Waals surface area contributed by atoms with Gasteiger partial charge in [0, 0.05) is 16.1 Å². The van der Waals surface area contributed by atoms with Gasteiger partial charge in [-0.25, -0.2) is 0 Å². The van der Waals surface area contributed by atoms with E-state index in [0.717, 1.165) is 5.57 Å². The van der Waals surface area contributed by atoms with Crippen LogP contribution in [0.2, 0.25) is 0 Å². The number of carbonyl (C=O) groups excluding carboxylic acids is 1. The molecule has 0 aromatic rings. The fraction of sp³-hybridized carbons (Fsp3) is 0.300. The van der Waals surface area contributed by atoms with E-state index in [1.165, 1.54) is 12.5 Å². The quantitative estimate of drug-likeness (QED) is 0.521. The summed E-state index contributed by atoms with van der Waals surface area (Å²) in [6, 6.07) is 0. The Morgan fingerprint density at radius 1 is 1.15 bits per heavy atom. The zero-order valence-corrected chi connectivity index (χ0v) is 9.41. The molecule has 0 amide bonds. The minimum atomic E-state index is -0.0258. The van der Waals surface area contributed by atoms with E-state index in [9.17, 15) is 4.79 Å². The van der Waals surface area contributed by atoms with Crippen LogP contribution in [0.25, 0.3) is 0 Å². The molecule has 0 aromatic heterocycles. The Labute approximate surface area is 88.7 Å². The molecule has 72 valence electrons. The van der Waals surface area contributed by atoms with Crippen LogP contribution in [-0.2, 0) is 4.79 Å². The van der Waals surface area contributed by atoms with Gasteiger partial charge in [0.05, 0.1) is 0 Å². The van der Waals surface area contributed by atoms with Crippen molar-refractivity contribution in [3.8, 4) is 0 Å². The van der Waals surface area contributed by atoms with Crippen molar-refractivity contribution in [2.75, 3.05) is 0 Å². The minimum Gasteiger partial charge on any atom is -0.295 e. The van der Waals surface area contributed by atoms with Crippen molar-refractivity contribution in [2.24, 2.45) is 0 Å². The summed E-state index contributed by atoms with van der Waals surface area (Å²) >= 11 is 11.3. The molecule has 3 heteroatoms. The number of Topliss-reactive ketones (excluding diaryl/α,β-unsaturated/α-hetero) is 1. The highest BCUT2D eigenvalue weighted by molar-refractivity contribution is 6.33. The van der Waals surface area contributed by atoms with Gasteiger partial charge in [-0.3, -0.25) is 4.79 Å². The maximum atomic E-state index is 10.9. The van der Waals surface area contributed by atoms with Crippen molar-refractivity contribution in [2.45, 2.75) is 20.8 Å². The number of hydrogen-bond acceptors (Lipinski definition) is 1. The third-order valence-electron chi connectivity index (χ3n) is 1.55. The van der Waals surface area contributed by atoms with Crippen molar-refractivity contribution < 1.29 is 4.79 Å². The zero-order valence-electron chi connectivity index (χ0n) is 7.90. The third-order valence-corrected chi connectivity index (χ3v) is 2.30. The van der Waals surface area contributed by atoms with Gasteiger partial charge in [-0.1, -0.05) is 29.3 Å². The second-order valence-corrected chi connectivity index (χ2v) is 3.34. The van der Waals surface area contributed by atoms with Gasteiger partial charge in [-0.2, -0.15) is 0 Å². The molecule has 1 nitrogen and oxygen atoms in total. The summed E-state index contributed by atoms with van der Waals surface area (Å²) in [7, 11) is 0. The molecule has 0 aromatic carbocycles. The highest BCUT2D eigenvalue weighted by Gasteiger charge is 2.00. The average molecular weight is 219 g/mol. The molecule has 0 atom stereocenters. The van der Waals surface area contributed by atoms with Crippen LogP contribution in [0.1, 0.15) is 20.8 Å². The maximum Gasteiger partial charge on any atom is 0.156 e. The lowest BCUT2D eigenvalue weighted by Crippen LogP contribution is -1.92. The molecule has 0 saturated carbocycles. The summed E-state index contributed by atoms with van der Waals surface area (Å²) < 4.78 is 0. The molecule has 0 rings (SSSR count). The number of hydrogen-bond donors (Lipinski definition) is 0. The number of halogens is 2. The number of allylic oxidation sites excluding steroid dienone is 5. The van der Waals surface area contributed by atoms with Crippen LogP contribution in [0.3, 0.4) is 0 Å². The summed E-state index contributed by atoms with van der Waals surface area (Å²) in [6.45, 7) is 5.02. The second kappa shape index (κ2) is 6.01.